The Labute approximate surface area is 200 Å². The molecule has 0 unspecified atom stereocenters. The van der Waals surface area contributed by atoms with Crippen LogP contribution in [0.5, 0.6) is 17.2 Å². The summed E-state index contributed by atoms with van der Waals surface area (Å²) in [5, 5.41) is 13.6. The number of amides is 1. The van der Waals surface area contributed by atoms with E-state index < -0.39 is 10.9 Å². The van der Waals surface area contributed by atoms with Gasteiger partial charge in [-0.25, -0.2) is 4.79 Å². The lowest BCUT2D eigenvalue weighted by molar-refractivity contribution is -0.384. The van der Waals surface area contributed by atoms with E-state index in [0.29, 0.717) is 22.7 Å². The summed E-state index contributed by atoms with van der Waals surface area (Å²) in [6.07, 6.45) is 0.278. The molecule has 10 heteroatoms. The molecule has 0 heterocycles. The normalized spacial score (nSPS) is 10.3. The third kappa shape index (κ3) is 6.23. The first kappa shape index (κ1) is 24.5. The monoisotopic (exact) mass is 484 g/mol. The minimum absolute atomic E-state index is 0.00819. The lowest BCUT2D eigenvalue weighted by atomic mass is 10.1. The molecule has 0 spiro atoms. The zero-order valence-corrected chi connectivity index (χ0v) is 19.1. The molecule has 0 radical (unpaired) electrons. The van der Waals surface area contributed by atoms with Crippen LogP contribution in [0.2, 0.25) is 5.02 Å². The number of nitro groups is 1. The summed E-state index contributed by atoms with van der Waals surface area (Å²) in [6, 6.07) is 15.4. The summed E-state index contributed by atoms with van der Waals surface area (Å²) in [5.41, 5.74) is 1.15. The molecular weight excluding hydrogens is 464 g/mol. The SMILES string of the molecule is CCC(=O)Nc1cc(OC)c(C(=O)OCc2ccc(Oc3ccc([N+](=O)[O-])cc3)cc2)cc1Cl. The van der Waals surface area contributed by atoms with Gasteiger partial charge in [0.1, 0.15) is 29.4 Å². The largest absolute Gasteiger partial charge is 0.496 e. The van der Waals surface area contributed by atoms with Gasteiger partial charge in [0.25, 0.3) is 5.69 Å². The number of nitrogens with one attached hydrogen (secondary N) is 1. The predicted octanol–water partition coefficient (Wildman–Crippen LogP) is 5.75. The lowest BCUT2D eigenvalue weighted by Gasteiger charge is -2.13. The summed E-state index contributed by atoms with van der Waals surface area (Å²) >= 11 is 6.20. The summed E-state index contributed by atoms with van der Waals surface area (Å²) < 4.78 is 16.3. The number of hydrogen-bond acceptors (Lipinski definition) is 7. The van der Waals surface area contributed by atoms with Gasteiger partial charge < -0.3 is 19.5 Å². The first-order valence-corrected chi connectivity index (χ1v) is 10.5. The quantitative estimate of drug-likeness (QED) is 0.233. The number of carbonyl (C=O) groups excluding carboxylic acids is 2. The summed E-state index contributed by atoms with van der Waals surface area (Å²) in [6.45, 7) is 1.70. The fraction of sp³-hybridized carbons (Fsp3) is 0.167. The Balaban J connectivity index is 1.62. The number of nitrogens with zero attached hydrogens (tertiary/aromatic N) is 1. The van der Waals surface area contributed by atoms with Crippen molar-refractivity contribution in [3.8, 4) is 17.2 Å². The fourth-order valence-corrected chi connectivity index (χ4v) is 3.08. The molecular formula is C24H21ClN2O7. The Morgan fingerprint density at radius 3 is 2.21 bits per heavy atom. The first-order valence-electron chi connectivity index (χ1n) is 10.2. The van der Waals surface area contributed by atoms with Crippen LogP contribution in [0.25, 0.3) is 0 Å². The van der Waals surface area contributed by atoms with E-state index in [-0.39, 0.29) is 41.0 Å². The van der Waals surface area contributed by atoms with Crippen molar-refractivity contribution in [2.45, 2.75) is 20.0 Å². The van der Waals surface area contributed by atoms with Crippen LogP contribution in [0, 0.1) is 10.1 Å². The van der Waals surface area contributed by atoms with E-state index in [0.717, 1.165) is 0 Å². The molecule has 9 nitrogen and oxygen atoms in total. The molecule has 0 aliphatic heterocycles. The Morgan fingerprint density at radius 1 is 1.03 bits per heavy atom. The highest BCUT2D eigenvalue weighted by molar-refractivity contribution is 6.34. The molecule has 0 saturated heterocycles. The number of esters is 1. The second kappa shape index (κ2) is 11.2. The van der Waals surface area contributed by atoms with E-state index in [4.69, 9.17) is 25.8 Å². The number of ether oxygens (including phenoxy) is 3. The van der Waals surface area contributed by atoms with Crippen LogP contribution in [0.15, 0.2) is 60.7 Å². The topological polar surface area (TPSA) is 117 Å². The third-order valence-corrected chi connectivity index (χ3v) is 4.99. The highest BCUT2D eigenvalue weighted by Crippen LogP contribution is 2.32. The van der Waals surface area contributed by atoms with Gasteiger partial charge in [0.15, 0.2) is 0 Å². The minimum atomic E-state index is -0.640. The standard InChI is InChI=1S/C24H21ClN2O7/c1-3-23(28)26-21-13-22(32-2)19(12-20(21)25)24(29)33-14-15-4-8-17(9-5-15)34-18-10-6-16(7-11-18)27(30)31/h4-13H,3,14H2,1-2H3,(H,26,28). The molecule has 0 fully saturated rings. The molecule has 0 aromatic heterocycles. The number of benzene rings is 3. The molecule has 3 aromatic rings. The molecule has 0 aliphatic carbocycles. The van der Waals surface area contributed by atoms with Crippen molar-refractivity contribution in [3.63, 3.8) is 0 Å². The first-order chi connectivity index (χ1) is 16.3. The van der Waals surface area contributed by atoms with Gasteiger partial charge in [0, 0.05) is 24.6 Å². The molecule has 0 saturated carbocycles. The number of nitro benzene ring substituents is 1. The molecule has 0 aliphatic rings. The van der Waals surface area contributed by atoms with Crippen LogP contribution in [0.3, 0.4) is 0 Å². The van der Waals surface area contributed by atoms with E-state index in [9.17, 15) is 19.7 Å². The summed E-state index contributed by atoms with van der Waals surface area (Å²) in [7, 11) is 1.40. The van der Waals surface area contributed by atoms with Crippen LogP contribution >= 0.6 is 11.6 Å². The summed E-state index contributed by atoms with van der Waals surface area (Å²) in [5.74, 6) is 0.320. The van der Waals surface area contributed by atoms with Gasteiger partial charge in [-0.15, -0.1) is 0 Å². The fourth-order valence-electron chi connectivity index (χ4n) is 2.87. The van der Waals surface area contributed by atoms with Crippen molar-refractivity contribution in [2.75, 3.05) is 12.4 Å². The molecule has 1 N–H and O–H groups in total. The maximum Gasteiger partial charge on any atom is 0.342 e. The lowest BCUT2D eigenvalue weighted by Crippen LogP contribution is -2.12. The average molecular weight is 485 g/mol. The number of anilines is 1. The van der Waals surface area contributed by atoms with Crippen LogP contribution in [0.4, 0.5) is 11.4 Å². The van der Waals surface area contributed by atoms with E-state index in [1.165, 1.54) is 43.5 Å². The van der Waals surface area contributed by atoms with Gasteiger partial charge in [0.05, 0.1) is 22.7 Å². The second-order valence-corrected chi connectivity index (χ2v) is 7.41. The van der Waals surface area contributed by atoms with E-state index in [1.807, 2.05) is 0 Å². The van der Waals surface area contributed by atoms with Crippen LogP contribution in [-0.2, 0) is 16.1 Å². The van der Waals surface area contributed by atoms with Crippen molar-refractivity contribution >= 4 is 34.9 Å². The van der Waals surface area contributed by atoms with Crippen molar-refractivity contribution in [1.82, 2.24) is 0 Å². The Kier molecular flexibility index (Phi) is 8.05. The maximum absolute atomic E-state index is 12.6. The van der Waals surface area contributed by atoms with Crippen molar-refractivity contribution < 1.29 is 28.7 Å². The zero-order chi connectivity index (χ0) is 24.7. The van der Waals surface area contributed by atoms with Gasteiger partial charge >= 0.3 is 5.97 Å². The number of non-ortho nitro benzene ring substituents is 1. The van der Waals surface area contributed by atoms with Crippen molar-refractivity contribution in [2.24, 2.45) is 0 Å². The molecule has 1 amide bonds. The number of hydrogen-bond donors (Lipinski definition) is 1. The average Bonchev–Trinajstić information content (AvgIpc) is 2.84. The predicted molar refractivity (Wildman–Crippen MR) is 126 cm³/mol. The van der Waals surface area contributed by atoms with E-state index >= 15 is 0 Å². The van der Waals surface area contributed by atoms with Gasteiger partial charge in [0.2, 0.25) is 5.91 Å². The Bertz CT molecular complexity index is 1200. The van der Waals surface area contributed by atoms with Crippen LogP contribution in [0.1, 0.15) is 29.3 Å². The molecule has 3 aromatic carbocycles. The van der Waals surface area contributed by atoms with Crippen molar-refractivity contribution in [1.29, 1.82) is 0 Å². The van der Waals surface area contributed by atoms with E-state index in [2.05, 4.69) is 5.32 Å². The highest BCUT2D eigenvalue weighted by atomic mass is 35.5. The number of carbonyl (C=O) groups is 2. The Morgan fingerprint density at radius 2 is 1.65 bits per heavy atom. The molecule has 0 bridgehead atoms. The van der Waals surface area contributed by atoms with E-state index in [1.54, 1.807) is 31.2 Å². The number of methoxy groups -OCH3 is 1. The smallest absolute Gasteiger partial charge is 0.342 e. The molecule has 0 atom stereocenters. The molecule has 3 rings (SSSR count). The highest BCUT2D eigenvalue weighted by Gasteiger charge is 2.18. The second-order valence-electron chi connectivity index (χ2n) is 7.01. The van der Waals surface area contributed by atoms with Gasteiger partial charge in [-0.2, -0.15) is 0 Å². The van der Waals surface area contributed by atoms with Gasteiger partial charge in [-0.3, -0.25) is 14.9 Å². The van der Waals surface area contributed by atoms with Gasteiger partial charge in [-0.05, 0) is 35.9 Å². The Hall–Kier alpha value is -4.11. The van der Waals surface area contributed by atoms with Crippen LogP contribution in [-0.4, -0.2) is 23.9 Å². The molecule has 176 valence electrons. The minimum Gasteiger partial charge on any atom is -0.496 e. The number of halogens is 1. The van der Waals surface area contributed by atoms with Gasteiger partial charge in [-0.1, -0.05) is 30.7 Å². The number of rotatable bonds is 9. The summed E-state index contributed by atoms with van der Waals surface area (Å²) in [4.78, 5) is 34.5. The van der Waals surface area contributed by atoms with Crippen molar-refractivity contribution in [3.05, 3.63) is 86.9 Å². The third-order valence-electron chi connectivity index (χ3n) is 4.68. The van der Waals surface area contributed by atoms with Crippen LogP contribution < -0.4 is 14.8 Å². The zero-order valence-electron chi connectivity index (χ0n) is 18.4. The maximum atomic E-state index is 12.6. The molecule has 34 heavy (non-hydrogen) atoms.